The lowest BCUT2D eigenvalue weighted by Crippen LogP contribution is -2.29. The molecule has 1 fully saturated rings. The Morgan fingerprint density at radius 3 is 2.73 bits per heavy atom. The van der Waals surface area contributed by atoms with Crippen LogP contribution in [-0.2, 0) is 4.79 Å². The summed E-state index contributed by atoms with van der Waals surface area (Å²) in [6.45, 7) is 0.711. The van der Waals surface area contributed by atoms with Gasteiger partial charge in [-0.25, -0.2) is 4.68 Å². The molecule has 9 heteroatoms. The van der Waals surface area contributed by atoms with Gasteiger partial charge in [-0.3, -0.25) is 9.59 Å². The molecule has 4 rings (SSSR count). The molecule has 2 aromatic heterocycles. The predicted octanol–water partition coefficient (Wildman–Crippen LogP) is 1.52. The molecule has 0 atom stereocenters. The van der Waals surface area contributed by atoms with Crippen LogP contribution in [0.1, 0.15) is 23.3 Å². The van der Waals surface area contributed by atoms with Crippen molar-refractivity contribution in [3.8, 4) is 5.69 Å². The molecule has 26 heavy (non-hydrogen) atoms. The van der Waals surface area contributed by atoms with Gasteiger partial charge in [0.25, 0.3) is 5.91 Å². The molecule has 0 unspecified atom stereocenters. The zero-order valence-electron chi connectivity index (χ0n) is 13.9. The first kappa shape index (κ1) is 16.7. The molecule has 8 nitrogen and oxygen atoms in total. The number of amides is 2. The molecule has 0 radical (unpaired) electrons. The van der Waals surface area contributed by atoms with Crippen LogP contribution in [0.4, 0.5) is 5.13 Å². The summed E-state index contributed by atoms with van der Waals surface area (Å²) >= 11 is 1.26. The Balaban J connectivity index is 1.75. The molecule has 0 bridgehead atoms. The Morgan fingerprint density at radius 1 is 1.27 bits per heavy atom. The first-order chi connectivity index (χ1) is 12.7. The number of rotatable bonds is 6. The van der Waals surface area contributed by atoms with Gasteiger partial charge in [0.1, 0.15) is 4.70 Å². The molecule has 2 amide bonds. The number of para-hydroxylation sites is 1. The van der Waals surface area contributed by atoms with Gasteiger partial charge in [0.15, 0.2) is 16.5 Å². The molecule has 134 valence electrons. The topological polar surface area (TPSA) is 115 Å². The van der Waals surface area contributed by atoms with Gasteiger partial charge in [-0.1, -0.05) is 29.5 Å². The second-order valence-electron chi connectivity index (χ2n) is 6.08. The molecule has 1 aliphatic rings. The summed E-state index contributed by atoms with van der Waals surface area (Å²) < 4.78 is 2.25. The lowest BCUT2D eigenvalue weighted by Gasteiger charge is -2.02. The van der Waals surface area contributed by atoms with E-state index in [9.17, 15) is 9.59 Å². The molecule has 0 saturated heterocycles. The van der Waals surface area contributed by atoms with Crippen LogP contribution in [-0.4, -0.2) is 39.7 Å². The van der Waals surface area contributed by atoms with E-state index in [1.165, 1.54) is 11.3 Å². The number of fused-ring (bicyclic) bond motifs is 1. The van der Waals surface area contributed by atoms with Gasteiger partial charge < -0.3 is 16.4 Å². The highest BCUT2D eigenvalue weighted by Gasteiger charge is 2.31. The third kappa shape index (κ3) is 3.18. The van der Waals surface area contributed by atoms with E-state index in [1.54, 1.807) is 4.68 Å². The minimum Gasteiger partial charge on any atom is -0.349 e. The van der Waals surface area contributed by atoms with Gasteiger partial charge in [-0.15, -0.1) is 0 Å². The number of aromatic nitrogens is 3. The molecule has 2 heterocycles. The standard InChI is InChI=1S/C17H18N6O2S/c18-8-9-19-16(25)12-13-14(23(22-12)11-4-2-1-3-5-11)20-17(26-13)21-15(24)10-6-7-10/h1-5,10H,6-9,18H2,(H,19,25)(H,20,21,24). The maximum atomic E-state index is 12.5. The lowest BCUT2D eigenvalue weighted by atomic mass is 10.3. The number of carbonyl (C=O) groups excluding carboxylic acids is 2. The predicted molar refractivity (Wildman–Crippen MR) is 99.5 cm³/mol. The number of benzene rings is 1. The minimum atomic E-state index is -0.307. The Labute approximate surface area is 153 Å². The SMILES string of the molecule is NCCNC(=O)c1nn(-c2ccccc2)c2nc(NC(=O)C3CC3)sc12. The fourth-order valence-corrected chi connectivity index (χ4v) is 3.51. The summed E-state index contributed by atoms with van der Waals surface area (Å²) in [6.07, 6.45) is 1.84. The highest BCUT2D eigenvalue weighted by atomic mass is 32.1. The molecule has 0 aliphatic heterocycles. The van der Waals surface area contributed by atoms with Crippen molar-refractivity contribution in [2.45, 2.75) is 12.8 Å². The van der Waals surface area contributed by atoms with Crippen LogP contribution in [0.2, 0.25) is 0 Å². The molecule has 3 aromatic rings. The third-order valence-electron chi connectivity index (χ3n) is 4.05. The van der Waals surface area contributed by atoms with E-state index >= 15 is 0 Å². The average molecular weight is 370 g/mol. The van der Waals surface area contributed by atoms with E-state index in [1.807, 2.05) is 30.3 Å². The minimum absolute atomic E-state index is 0.0187. The summed E-state index contributed by atoms with van der Waals surface area (Å²) in [5.74, 6) is -0.242. The lowest BCUT2D eigenvalue weighted by molar-refractivity contribution is -0.117. The molecule has 1 aromatic carbocycles. The number of thiazole rings is 1. The van der Waals surface area contributed by atoms with Gasteiger partial charge in [0.05, 0.1) is 5.69 Å². The van der Waals surface area contributed by atoms with Gasteiger partial charge in [-0.2, -0.15) is 10.1 Å². The maximum absolute atomic E-state index is 12.5. The van der Waals surface area contributed by atoms with Gasteiger partial charge in [0.2, 0.25) is 5.91 Å². The number of hydrogen-bond donors (Lipinski definition) is 3. The van der Waals surface area contributed by atoms with Crippen molar-refractivity contribution in [1.29, 1.82) is 0 Å². The quantitative estimate of drug-likeness (QED) is 0.608. The van der Waals surface area contributed by atoms with E-state index in [0.717, 1.165) is 18.5 Å². The van der Waals surface area contributed by atoms with Crippen molar-refractivity contribution in [2.24, 2.45) is 11.7 Å². The Kier molecular flexibility index (Phi) is 4.39. The van der Waals surface area contributed by atoms with E-state index < -0.39 is 0 Å². The van der Waals surface area contributed by atoms with E-state index in [-0.39, 0.29) is 23.4 Å². The third-order valence-corrected chi connectivity index (χ3v) is 5.02. The van der Waals surface area contributed by atoms with Crippen LogP contribution in [0.5, 0.6) is 0 Å². The number of nitrogens with zero attached hydrogens (tertiary/aromatic N) is 3. The zero-order valence-corrected chi connectivity index (χ0v) is 14.8. The maximum Gasteiger partial charge on any atom is 0.273 e. The number of nitrogens with two attached hydrogens (primary N) is 1. The Morgan fingerprint density at radius 2 is 2.04 bits per heavy atom. The van der Waals surface area contributed by atoms with Crippen molar-refractivity contribution in [3.05, 3.63) is 36.0 Å². The normalized spacial score (nSPS) is 13.7. The van der Waals surface area contributed by atoms with E-state index in [2.05, 4.69) is 20.7 Å². The smallest absolute Gasteiger partial charge is 0.273 e. The van der Waals surface area contributed by atoms with Crippen molar-refractivity contribution in [2.75, 3.05) is 18.4 Å². The summed E-state index contributed by atoms with van der Waals surface area (Å²) in [5.41, 5.74) is 7.08. The first-order valence-electron chi connectivity index (χ1n) is 8.41. The second-order valence-corrected chi connectivity index (χ2v) is 7.07. The van der Waals surface area contributed by atoms with Gasteiger partial charge >= 0.3 is 0 Å². The number of carbonyl (C=O) groups is 2. The summed E-state index contributed by atoms with van der Waals surface area (Å²) in [4.78, 5) is 29.0. The molecule has 1 aliphatic carbocycles. The van der Waals surface area contributed by atoms with Crippen LogP contribution in [0.25, 0.3) is 16.0 Å². The van der Waals surface area contributed by atoms with Gasteiger partial charge in [0, 0.05) is 19.0 Å². The molecular weight excluding hydrogens is 352 g/mol. The molecular formula is C17H18N6O2S. The van der Waals surface area contributed by atoms with Crippen molar-refractivity contribution < 1.29 is 9.59 Å². The molecule has 4 N–H and O–H groups in total. The second kappa shape index (κ2) is 6.85. The zero-order chi connectivity index (χ0) is 18.1. The summed E-state index contributed by atoms with van der Waals surface area (Å²) in [5, 5.41) is 10.5. The fourth-order valence-electron chi connectivity index (χ4n) is 2.58. The number of nitrogens with one attached hydrogen (secondary N) is 2. The van der Waals surface area contributed by atoms with E-state index in [0.29, 0.717) is 28.6 Å². The highest BCUT2D eigenvalue weighted by Crippen LogP contribution is 2.34. The van der Waals surface area contributed by atoms with Crippen molar-refractivity contribution in [1.82, 2.24) is 20.1 Å². The van der Waals surface area contributed by atoms with Crippen molar-refractivity contribution >= 4 is 38.6 Å². The van der Waals surface area contributed by atoms with E-state index in [4.69, 9.17) is 5.73 Å². The van der Waals surface area contributed by atoms with Crippen LogP contribution >= 0.6 is 11.3 Å². The molecule has 1 saturated carbocycles. The highest BCUT2D eigenvalue weighted by molar-refractivity contribution is 7.22. The largest absolute Gasteiger partial charge is 0.349 e. The average Bonchev–Trinajstić information content (AvgIpc) is 3.35. The van der Waals surface area contributed by atoms with Crippen LogP contribution < -0.4 is 16.4 Å². The summed E-state index contributed by atoms with van der Waals surface area (Å²) in [7, 11) is 0. The fraction of sp³-hybridized carbons (Fsp3) is 0.294. The monoisotopic (exact) mass is 370 g/mol. The van der Waals surface area contributed by atoms with Crippen LogP contribution in [0.15, 0.2) is 30.3 Å². The Bertz CT molecular complexity index is 960. The number of hydrogen-bond acceptors (Lipinski definition) is 6. The van der Waals surface area contributed by atoms with Crippen LogP contribution in [0.3, 0.4) is 0 Å². The Hall–Kier alpha value is -2.78. The summed E-state index contributed by atoms with van der Waals surface area (Å²) in [6, 6.07) is 9.45. The first-order valence-corrected chi connectivity index (χ1v) is 9.23. The van der Waals surface area contributed by atoms with Gasteiger partial charge in [-0.05, 0) is 25.0 Å². The van der Waals surface area contributed by atoms with Crippen LogP contribution in [0, 0.1) is 5.92 Å². The number of anilines is 1. The van der Waals surface area contributed by atoms with Crippen molar-refractivity contribution in [3.63, 3.8) is 0 Å². The molecule has 0 spiro atoms.